The van der Waals surface area contributed by atoms with Gasteiger partial charge in [0.25, 0.3) is 0 Å². The number of epoxide rings is 1. The van der Waals surface area contributed by atoms with Crippen molar-refractivity contribution in [1.82, 2.24) is 4.90 Å². The molecule has 0 N–H and O–H groups in total. The van der Waals surface area contributed by atoms with Gasteiger partial charge in [-0.2, -0.15) is 0 Å². The third-order valence-corrected chi connectivity index (χ3v) is 9.04. The molecule has 4 fully saturated rings. The maximum absolute atomic E-state index is 12.7. The van der Waals surface area contributed by atoms with Crippen LogP contribution in [-0.2, 0) is 28.4 Å². The fraction of sp³-hybridized carbons (Fsp3) is 0.912. The Balaban J connectivity index is 0.913. The van der Waals surface area contributed by atoms with E-state index in [4.69, 9.17) is 28.4 Å². The van der Waals surface area contributed by atoms with Crippen LogP contribution in [0.3, 0.4) is 0 Å². The number of hydrogen-bond donors (Lipinski definition) is 0. The molecule has 242 valence electrons. The summed E-state index contributed by atoms with van der Waals surface area (Å²) < 4.78 is 35.7. The molecule has 0 unspecified atom stereocenters. The van der Waals surface area contributed by atoms with Crippen molar-refractivity contribution in [3.8, 4) is 0 Å². The van der Waals surface area contributed by atoms with Gasteiger partial charge in [-0.3, -0.25) is 4.90 Å². The van der Waals surface area contributed by atoms with E-state index in [9.17, 15) is 4.79 Å². The van der Waals surface area contributed by atoms with Crippen molar-refractivity contribution in [3.05, 3.63) is 12.7 Å². The van der Waals surface area contributed by atoms with E-state index in [2.05, 4.69) is 6.58 Å². The van der Waals surface area contributed by atoms with Crippen LogP contribution in [0.15, 0.2) is 12.7 Å². The lowest BCUT2D eigenvalue weighted by Crippen LogP contribution is -2.51. The topological polar surface area (TPSA) is 79.0 Å². The molecule has 6 atom stereocenters. The highest BCUT2D eigenvalue weighted by Crippen LogP contribution is 2.51. The predicted molar refractivity (Wildman–Crippen MR) is 163 cm³/mol. The second kappa shape index (κ2) is 15.2. The number of nitrogens with zero attached hydrogens (tertiary/aromatic N) is 1. The first-order valence-corrected chi connectivity index (χ1v) is 16.9. The summed E-state index contributed by atoms with van der Waals surface area (Å²) in [5.41, 5.74) is -1.21. The molecular formula is C34H59NO7. The van der Waals surface area contributed by atoms with Crippen molar-refractivity contribution in [2.45, 2.75) is 179 Å². The molecule has 42 heavy (non-hydrogen) atoms. The van der Waals surface area contributed by atoms with Gasteiger partial charge in [0.15, 0.2) is 5.79 Å². The van der Waals surface area contributed by atoms with Crippen molar-refractivity contribution < 1.29 is 33.2 Å². The number of carbonyl (C=O) groups is 1. The van der Waals surface area contributed by atoms with E-state index in [-0.39, 0.29) is 30.4 Å². The average molecular weight is 594 g/mol. The Morgan fingerprint density at radius 2 is 1.50 bits per heavy atom. The number of rotatable bonds is 19. The molecule has 4 heterocycles. The Morgan fingerprint density at radius 3 is 2.10 bits per heavy atom. The van der Waals surface area contributed by atoms with Crippen LogP contribution in [0.5, 0.6) is 0 Å². The van der Waals surface area contributed by atoms with Crippen LogP contribution in [0, 0.1) is 0 Å². The van der Waals surface area contributed by atoms with Crippen molar-refractivity contribution in [1.29, 1.82) is 0 Å². The number of ether oxygens (including phenoxy) is 6. The van der Waals surface area contributed by atoms with Crippen molar-refractivity contribution >= 4 is 6.09 Å². The zero-order valence-corrected chi connectivity index (χ0v) is 27.2. The molecular weight excluding hydrogens is 534 g/mol. The minimum Gasteiger partial charge on any atom is -0.444 e. The van der Waals surface area contributed by atoms with Crippen LogP contribution in [0.2, 0.25) is 0 Å². The quantitative estimate of drug-likeness (QED) is 0.0864. The summed E-state index contributed by atoms with van der Waals surface area (Å²) in [5.74, 6) is -0.415. The Kier molecular flexibility index (Phi) is 12.2. The number of hydrogen-bond acceptors (Lipinski definition) is 7. The SMILES string of the molecule is C=C[C@H]1O[C@@]2(CCCCCCCCCCCCCCCOC[C@H]3COC(C)(C)N3C(=O)OC(C)(C)C)C[C@H]3O[C@H]3[C@H]1O2. The van der Waals surface area contributed by atoms with Crippen LogP contribution in [0.25, 0.3) is 0 Å². The summed E-state index contributed by atoms with van der Waals surface area (Å²) in [5, 5.41) is 0. The summed E-state index contributed by atoms with van der Waals surface area (Å²) in [6.07, 6.45) is 20.7. The monoisotopic (exact) mass is 593 g/mol. The summed E-state index contributed by atoms with van der Waals surface area (Å²) >= 11 is 0. The predicted octanol–water partition coefficient (Wildman–Crippen LogP) is 7.67. The largest absolute Gasteiger partial charge is 0.444 e. The van der Waals surface area contributed by atoms with E-state index in [0.717, 1.165) is 32.3 Å². The van der Waals surface area contributed by atoms with Gasteiger partial charge in [-0.25, -0.2) is 4.79 Å². The lowest BCUT2D eigenvalue weighted by Gasteiger charge is -2.35. The van der Waals surface area contributed by atoms with Crippen molar-refractivity contribution in [3.63, 3.8) is 0 Å². The van der Waals surface area contributed by atoms with Gasteiger partial charge in [-0.05, 0) is 47.5 Å². The zero-order valence-electron chi connectivity index (χ0n) is 27.2. The number of carbonyl (C=O) groups excluding carboxylic acids is 1. The number of unbranched alkanes of at least 4 members (excludes halogenated alkanes) is 12. The molecule has 0 saturated carbocycles. The number of amides is 1. The molecule has 2 bridgehead atoms. The first kappa shape index (κ1) is 33.7. The van der Waals surface area contributed by atoms with Crippen LogP contribution in [0.4, 0.5) is 4.79 Å². The summed E-state index contributed by atoms with van der Waals surface area (Å²) in [4.78, 5) is 14.4. The van der Waals surface area contributed by atoms with Crippen LogP contribution in [-0.4, -0.2) is 78.4 Å². The maximum atomic E-state index is 12.7. The van der Waals surface area contributed by atoms with E-state index >= 15 is 0 Å². The molecule has 0 aromatic heterocycles. The molecule has 8 heteroatoms. The molecule has 1 amide bonds. The molecule has 4 aliphatic rings. The Bertz CT molecular complexity index is 857. The highest BCUT2D eigenvalue weighted by Gasteiger charge is 2.64. The molecule has 0 aliphatic carbocycles. The highest BCUT2D eigenvalue weighted by atomic mass is 16.8. The van der Waals surface area contributed by atoms with Gasteiger partial charge in [0.1, 0.15) is 29.6 Å². The minimum atomic E-state index is -0.678. The second-order valence-corrected chi connectivity index (χ2v) is 14.3. The highest BCUT2D eigenvalue weighted by molar-refractivity contribution is 5.69. The first-order valence-electron chi connectivity index (χ1n) is 16.9. The third-order valence-electron chi connectivity index (χ3n) is 9.04. The van der Waals surface area contributed by atoms with Gasteiger partial charge >= 0.3 is 6.09 Å². The standard InChI is InChI=1S/C34H59NO7/c1-7-27-30-29-28(39-29)23-34(40-27,41-30)21-19-17-15-13-11-9-8-10-12-14-16-18-20-22-37-24-26-25-38-33(5,6)35(26)31(36)42-32(2,3)4/h7,26-30H,1,8-25H2,2-6H3/t26-,27+,28+,29+,30-,34+/m0/s1. The fourth-order valence-corrected chi connectivity index (χ4v) is 6.78. The number of fused-ring (bicyclic) bond motifs is 4. The normalized spacial score (nSPS) is 31.3. The lowest BCUT2D eigenvalue weighted by molar-refractivity contribution is -0.190. The first-order chi connectivity index (χ1) is 20.0. The molecule has 0 aromatic rings. The summed E-state index contributed by atoms with van der Waals surface area (Å²) in [6.45, 7) is 15.1. The minimum absolute atomic E-state index is 0.00725. The molecule has 4 aliphatic heterocycles. The van der Waals surface area contributed by atoms with E-state index in [1.54, 1.807) is 4.90 Å². The van der Waals surface area contributed by atoms with Gasteiger partial charge in [0.2, 0.25) is 0 Å². The zero-order chi connectivity index (χ0) is 30.2. The summed E-state index contributed by atoms with van der Waals surface area (Å²) in [7, 11) is 0. The molecule has 4 rings (SSSR count). The smallest absolute Gasteiger partial charge is 0.412 e. The van der Waals surface area contributed by atoms with Crippen LogP contribution < -0.4 is 0 Å². The van der Waals surface area contributed by atoms with Crippen molar-refractivity contribution in [2.24, 2.45) is 0 Å². The Morgan fingerprint density at radius 1 is 0.905 bits per heavy atom. The van der Waals surface area contributed by atoms with Crippen LogP contribution in [0.1, 0.15) is 131 Å². The molecule has 8 nitrogen and oxygen atoms in total. The molecule has 0 radical (unpaired) electrons. The Hall–Kier alpha value is -1.19. The lowest BCUT2D eigenvalue weighted by atomic mass is 9.97. The van der Waals surface area contributed by atoms with Crippen molar-refractivity contribution in [2.75, 3.05) is 19.8 Å². The molecule has 4 saturated heterocycles. The fourth-order valence-electron chi connectivity index (χ4n) is 6.78. The second-order valence-electron chi connectivity index (χ2n) is 14.3. The van der Waals surface area contributed by atoms with E-state index in [1.165, 1.54) is 70.6 Å². The van der Waals surface area contributed by atoms with Gasteiger partial charge in [-0.1, -0.05) is 76.7 Å². The average Bonchev–Trinajstić information content (AvgIpc) is 3.53. The van der Waals surface area contributed by atoms with E-state index in [1.807, 2.05) is 40.7 Å². The maximum Gasteiger partial charge on any atom is 0.412 e. The van der Waals surface area contributed by atoms with Gasteiger partial charge in [0, 0.05) is 19.4 Å². The molecule has 0 aromatic carbocycles. The van der Waals surface area contributed by atoms with E-state index in [0.29, 0.717) is 19.3 Å². The van der Waals surface area contributed by atoms with Gasteiger partial charge in [0.05, 0.1) is 25.4 Å². The van der Waals surface area contributed by atoms with Gasteiger partial charge < -0.3 is 28.4 Å². The van der Waals surface area contributed by atoms with E-state index < -0.39 is 17.1 Å². The van der Waals surface area contributed by atoms with Crippen LogP contribution >= 0.6 is 0 Å². The van der Waals surface area contributed by atoms with Gasteiger partial charge in [-0.15, -0.1) is 6.58 Å². The summed E-state index contributed by atoms with van der Waals surface area (Å²) in [6, 6.07) is -0.109. The third kappa shape index (κ3) is 9.65. The molecule has 0 spiro atoms. The Labute approximate surface area is 255 Å².